The summed E-state index contributed by atoms with van der Waals surface area (Å²) in [5.41, 5.74) is 2.95. The van der Waals surface area contributed by atoms with Gasteiger partial charge in [-0.05, 0) is 54.8 Å². The molecule has 1 aliphatic heterocycles. The predicted molar refractivity (Wildman–Crippen MR) is 133 cm³/mol. The van der Waals surface area contributed by atoms with Crippen molar-refractivity contribution in [1.82, 2.24) is 10.2 Å². The van der Waals surface area contributed by atoms with Gasteiger partial charge < -0.3 is 14.4 Å². The number of hydrogen-bond donors (Lipinski definition) is 1. The minimum absolute atomic E-state index is 0.134. The number of anilines is 2. The molecule has 0 saturated carbocycles. The zero-order valence-electron chi connectivity index (χ0n) is 19.7. The second-order valence-electron chi connectivity index (χ2n) is 8.35. The third-order valence-electron chi connectivity index (χ3n) is 5.64. The highest BCUT2D eigenvalue weighted by molar-refractivity contribution is 7.92. The van der Waals surface area contributed by atoms with Crippen molar-refractivity contribution in [2.75, 3.05) is 42.5 Å². The monoisotopic (exact) mass is 482 g/mol. The first-order valence-corrected chi connectivity index (χ1v) is 12.9. The molecular weight excluding hydrogens is 452 g/mol. The Labute approximate surface area is 201 Å². The summed E-state index contributed by atoms with van der Waals surface area (Å²) < 4.78 is 40.0. The van der Waals surface area contributed by atoms with E-state index in [9.17, 15) is 8.42 Å². The van der Waals surface area contributed by atoms with Gasteiger partial charge in [0, 0.05) is 24.3 Å². The van der Waals surface area contributed by atoms with Gasteiger partial charge in [-0.15, -0.1) is 10.2 Å². The molecule has 4 rings (SSSR count). The van der Waals surface area contributed by atoms with E-state index in [-0.39, 0.29) is 10.8 Å². The first kappa shape index (κ1) is 24.0. The van der Waals surface area contributed by atoms with E-state index in [1.54, 1.807) is 24.3 Å². The Morgan fingerprint density at radius 2 is 1.76 bits per heavy atom. The normalized spacial score (nSPS) is 14.3. The minimum atomic E-state index is -3.84. The van der Waals surface area contributed by atoms with Gasteiger partial charge in [-0.3, -0.25) is 4.72 Å². The van der Waals surface area contributed by atoms with Crippen molar-refractivity contribution in [2.24, 2.45) is 0 Å². The molecule has 2 aromatic carbocycles. The summed E-state index contributed by atoms with van der Waals surface area (Å²) in [5, 5.41) is 8.69. The molecule has 1 fully saturated rings. The molecule has 0 amide bonds. The summed E-state index contributed by atoms with van der Waals surface area (Å²) >= 11 is 0. The summed E-state index contributed by atoms with van der Waals surface area (Å²) in [6.45, 7) is 9.23. The van der Waals surface area contributed by atoms with E-state index in [1.165, 1.54) is 0 Å². The maximum absolute atomic E-state index is 13.2. The van der Waals surface area contributed by atoms with E-state index < -0.39 is 10.0 Å². The van der Waals surface area contributed by atoms with Crippen molar-refractivity contribution in [1.29, 1.82) is 0 Å². The van der Waals surface area contributed by atoms with Crippen molar-refractivity contribution >= 4 is 21.5 Å². The first-order chi connectivity index (χ1) is 16.4. The second kappa shape index (κ2) is 10.4. The van der Waals surface area contributed by atoms with Crippen molar-refractivity contribution in [2.45, 2.75) is 31.6 Å². The third-order valence-corrected chi connectivity index (χ3v) is 7.04. The smallest absolute Gasteiger partial charge is 0.265 e. The maximum Gasteiger partial charge on any atom is 0.265 e. The van der Waals surface area contributed by atoms with Gasteiger partial charge in [0.1, 0.15) is 10.6 Å². The lowest BCUT2D eigenvalue weighted by molar-refractivity contribution is 0.122. The second-order valence-corrected chi connectivity index (χ2v) is 10.0. The Hall–Kier alpha value is -3.17. The predicted octanol–water partition coefficient (Wildman–Crippen LogP) is 4.30. The van der Waals surface area contributed by atoms with Gasteiger partial charge in [0.25, 0.3) is 10.0 Å². The van der Waals surface area contributed by atoms with Gasteiger partial charge in [0.2, 0.25) is 0 Å². The molecule has 1 saturated heterocycles. The van der Waals surface area contributed by atoms with Crippen LogP contribution < -0.4 is 14.4 Å². The van der Waals surface area contributed by atoms with Crippen LogP contribution >= 0.6 is 0 Å². The lowest BCUT2D eigenvalue weighted by Crippen LogP contribution is -2.36. The molecule has 3 aromatic rings. The fraction of sp³-hybridized carbons (Fsp3) is 0.360. The molecule has 1 N–H and O–H groups in total. The molecule has 0 atom stereocenters. The molecule has 0 bridgehead atoms. The lowest BCUT2D eigenvalue weighted by Gasteiger charge is -2.27. The number of rotatable bonds is 8. The molecule has 9 heteroatoms. The van der Waals surface area contributed by atoms with Crippen LogP contribution in [-0.2, 0) is 14.8 Å². The number of nitrogens with one attached hydrogen (secondary N) is 1. The average molecular weight is 483 g/mol. The summed E-state index contributed by atoms with van der Waals surface area (Å²) in [5.74, 6) is 1.36. The fourth-order valence-corrected chi connectivity index (χ4v) is 4.97. The van der Waals surface area contributed by atoms with Crippen LogP contribution in [0.2, 0.25) is 0 Å². The number of hydrogen-bond acceptors (Lipinski definition) is 7. The van der Waals surface area contributed by atoms with Crippen LogP contribution in [0.5, 0.6) is 5.75 Å². The Morgan fingerprint density at radius 1 is 1.03 bits per heavy atom. The summed E-state index contributed by atoms with van der Waals surface area (Å²) in [6.07, 6.45) is 0. The van der Waals surface area contributed by atoms with Gasteiger partial charge in [-0.1, -0.05) is 32.0 Å². The number of ether oxygens (including phenoxy) is 2. The molecular formula is C25H30N4O4S. The summed E-state index contributed by atoms with van der Waals surface area (Å²) in [4.78, 5) is 2.28. The molecule has 8 nitrogen and oxygen atoms in total. The van der Waals surface area contributed by atoms with E-state index in [0.717, 1.165) is 35.7 Å². The van der Waals surface area contributed by atoms with E-state index in [4.69, 9.17) is 9.47 Å². The summed E-state index contributed by atoms with van der Waals surface area (Å²) in [7, 11) is -3.84. The number of morpholine rings is 1. The van der Waals surface area contributed by atoms with Crippen molar-refractivity contribution in [3.05, 3.63) is 60.2 Å². The van der Waals surface area contributed by atoms with Crippen LogP contribution in [0.3, 0.4) is 0 Å². The number of sulfonamides is 1. The van der Waals surface area contributed by atoms with Crippen LogP contribution in [0.15, 0.2) is 59.5 Å². The number of benzene rings is 2. The standard InChI is InChI=1S/C25H30N4O4S/c1-4-33-23-11-7-20(18(2)3)17-24(23)34(30,31)28-21-8-5-19(6-9-21)22-10-12-25(27-26-22)29-13-15-32-16-14-29/h5-12,17-18,28H,4,13-16H2,1-3H3. The van der Waals surface area contributed by atoms with Gasteiger partial charge in [0.15, 0.2) is 5.82 Å². The SMILES string of the molecule is CCOc1ccc(C(C)C)cc1S(=O)(=O)Nc1ccc(-c2ccc(N3CCOCC3)nn2)cc1. The molecule has 180 valence electrons. The molecule has 0 aliphatic carbocycles. The van der Waals surface area contributed by atoms with E-state index in [2.05, 4.69) is 19.8 Å². The Morgan fingerprint density at radius 3 is 2.38 bits per heavy atom. The fourth-order valence-electron chi connectivity index (χ4n) is 3.73. The highest BCUT2D eigenvalue weighted by Crippen LogP contribution is 2.30. The average Bonchev–Trinajstić information content (AvgIpc) is 2.85. The van der Waals surface area contributed by atoms with Gasteiger partial charge in [-0.2, -0.15) is 0 Å². The van der Waals surface area contributed by atoms with Gasteiger partial charge in [-0.25, -0.2) is 8.42 Å². The molecule has 1 aliphatic rings. The van der Waals surface area contributed by atoms with E-state index in [1.807, 2.05) is 51.1 Å². The Kier molecular flexibility index (Phi) is 7.33. The van der Waals surface area contributed by atoms with Crippen molar-refractivity contribution in [3.8, 4) is 17.0 Å². The quantitative estimate of drug-likeness (QED) is 0.511. The highest BCUT2D eigenvalue weighted by atomic mass is 32.2. The third kappa shape index (κ3) is 5.48. The topological polar surface area (TPSA) is 93.7 Å². The largest absolute Gasteiger partial charge is 0.492 e. The molecule has 0 radical (unpaired) electrons. The number of nitrogens with zero attached hydrogens (tertiary/aromatic N) is 3. The minimum Gasteiger partial charge on any atom is -0.492 e. The zero-order valence-corrected chi connectivity index (χ0v) is 20.5. The molecule has 34 heavy (non-hydrogen) atoms. The molecule has 2 heterocycles. The number of aromatic nitrogens is 2. The lowest BCUT2D eigenvalue weighted by atomic mass is 10.0. The van der Waals surface area contributed by atoms with Crippen LogP contribution in [0.4, 0.5) is 11.5 Å². The highest BCUT2D eigenvalue weighted by Gasteiger charge is 2.21. The van der Waals surface area contributed by atoms with Gasteiger partial charge >= 0.3 is 0 Å². The Bertz CT molecular complexity index is 1210. The van der Waals surface area contributed by atoms with Crippen LogP contribution in [0, 0.1) is 0 Å². The molecule has 1 aromatic heterocycles. The molecule has 0 unspecified atom stereocenters. The Balaban J connectivity index is 1.52. The van der Waals surface area contributed by atoms with Gasteiger partial charge in [0.05, 0.1) is 25.5 Å². The van der Waals surface area contributed by atoms with Crippen molar-refractivity contribution in [3.63, 3.8) is 0 Å². The van der Waals surface area contributed by atoms with E-state index in [0.29, 0.717) is 31.3 Å². The van der Waals surface area contributed by atoms with E-state index >= 15 is 0 Å². The van der Waals surface area contributed by atoms with Crippen LogP contribution in [0.25, 0.3) is 11.3 Å². The van der Waals surface area contributed by atoms with Crippen LogP contribution in [-0.4, -0.2) is 51.5 Å². The first-order valence-electron chi connectivity index (χ1n) is 11.4. The van der Waals surface area contributed by atoms with Crippen molar-refractivity contribution < 1.29 is 17.9 Å². The summed E-state index contributed by atoms with van der Waals surface area (Å²) in [6, 6.07) is 16.2. The maximum atomic E-state index is 13.2. The molecule has 0 spiro atoms. The zero-order chi connectivity index (χ0) is 24.1. The van der Waals surface area contributed by atoms with Crippen LogP contribution in [0.1, 0.15) is 32.3 Å².